The number of benzene rings is 1. The quantitative estimate of drug-likeness (QED) is 0.852. The molecule has 9 heteroatoms. The van der Waals surface area contributed by atoms with Crippen LogP contribution in [0.5, 0.6) is 5.75 Å². The van der Waals surface area contributed by atoms with E-state index in [4.69, 9.17) is 16.3 Å². The molecule has 2 N–H and O–H groups in total. The van der Waals surface area contributed by atoms with E-state index in [1.54, 1.807) is 18.2 Å². The average molecular weight is 340 g/mol. The Hall–Kier alpha value is -1.18. The Morgan fingerprint density at radius 2 is 2.25 bits per heavy atom. The maximum absolute atomic E-state index is 11.2. The minimum Gasteiger partial charge on any atom is -0.486 e. The lowest BCUT2D eigenvalue weighted by molar-refractivity contribution is 0.374. The maximum Gasteiger partial charge on any atom is 0.229 e. The fourth-order valence-electron chi connectivity index (χ4n) is 1.57. The Labute approximate surface area is 129 Å². The predicted octanol–water partition coefficient (Wildman–Crippen LogP) is 1.51. The van der Waals surface area contributed by atoms with Crippen molar-refractivity contribution in [3.05, 3.63) is 23.2 Å². The predicted molar refractivity (Wildman–Crippen MR) is 83.0 cm³/mol. The molecule has 0 aromatic heterocycles. The number of amidine groups is 1. The van der Waals surface area contributed by atoms with E-state index in [0.29, 0.717) is 23.1 Å². The summed E-state index contributed by atoms with van der Waals surface area (Å²) in [6.45, 7) is 1.89. The van der Waals surface area contributed by atoms with Crippen LogP contribution in [0.1, 0.15) is 0 Å². The van der Waals surface area contributed by atoms with Crippen LogP contribution in [-0.2, 0) is 10.0 Å². The number of ether oxygens (including phenoxy) is 1. The number of aliphatic imine (C=N–C) groups is 1. The van der Waals surface area contributed by atoms with Gasteiger partial charge in [0.15, 0.2) is 0 Å². The van der Waals surface area contributed by atoms with Gasteiger partial charge in [0.2, 0.25) is 10.0 Å². The molecule has 0 fully saturated rings. The number of halogens is 2. The highest BCUT2D eigenvalue weighted by Gasteiger charge is 2.09. The average Bonchev–Trinajstić information content (AvgIpc) is 2.81. The van der Waals surface area contributed by atoms with Crippen LogP contribution >= 0.6 is 24.0 Å². The fourth-order valence-corrected chi connectivity index (χ4v) is 2.36. The summed E-state index contributed by atoms with van der Waals surface area (Å²) in [6.07, 6.45) is 1.06. The van der Waals surface area contributed by atoms with Gasteiger partial charge < -0.3 is 10.1 Å². The topological polar surface area (TPSA) is 79.8 Å². The molecule has 0 aliphatic carbocycles. The summed E-state index contributed by atoms with van der Waals surface area (Å²) >= 11 is 5.91. The molecule has 2 rings (SSSR count). The number of nitrogens with one attached hydrogen (secondary N) is 2. The molecular weight excluding hydrogens is 325 g/mol. The second kappa shape index (κ2) is 7.01. The molecule has 1 aliphatic rings. The van der Waals surface area contributed by atoms with E-state index in [2.05, 4.69) is 15.0 Å². The van der Waals surface area contributed by atoms with Gasteiger partial charge in [0.1, 0.15) is 18.2 Å². The minimum absolute atomic E-state index is 0. The molecular formula is C11H15Cl2N3O3S. The van der Waals surface area contributed by atoms with Crippen LogP contribution in [-0.4, -0.2) is 40.2 Å². The summed E-state index contributed by atoms with van der Waals surface area (Å²) in [5, 5.41) is 3.39. The molecule has 0 atom stereocenters. The molecule has 0 amide bonds. The zero-order chi connectivity index (χ0) is 13.9. The third-order valence-corrected chi connectivity index (χ3v) is 3.27. The molecule has 0 unspecified atom stereocenters. The monoisotopic (exact) mass is 339 g/mol. The lowest BCUT2D eigenvalue weighted by atomic mass is 10.3. The summed E-state index contributed by atoms with van der Waals surface area (Å²) in [7, 11) is -3.37. The first-order chi connectivity index (χ1) is 8.94. The van der Waals surface area contributed by atoms with Crippen molar-refractivity contribution in [2.45, 2.75) is 0 Å². The summed E-state index contributed by atoms with van der Waals surface area (Å²) in [6, 6.07) is 4.79. The lowest BCUT2D eigenvalue weighted by Crippen LogP contribution is -2.24. The van der Waals surface area contributed by atoms with E-state index < -0.39 is 10.0 Å². The number of rotatable bonds is 5. The molecule has 0 saturated heterocycles. The standard InChI is InChI=1S/C11H14ClN3O3S.ClH/c1-19(16,17)15-10-6-8(2-3-9(10)12)18-7-11-13-4-5-14-11;/h2-3,6,15H,4-5,7H2,1H3,(H,13,14);1H. The first-order valence-electron chi connectivity index (χ1n) is 5.61. The van der Waals surface area contributed by atoms with Gasteiger partial charge in [-0.3, -0.25) is 9.71 Å². The van der Waals surface area contributed by atoms with E-state index >= 15 is 0 Å². The maximum atomic E-state index is 11.2. The Morgan fingerprint density at radius 1 is 1.50 bits per heavy atom. The van der Waals surface area contributed by atoms with Crippen LogP contribution in [0, 0.1) is 0 Å². The van der Waals surface area contributed by atoms with Gasteiger partial charge in [-0.1, -0.05) is 11.6 Å². The van der Waals surface area contributed by atoms with E-state index in [9.17, 15) is 8.42 Å². The van der Waals surface area contributed by atoms with Gasteiger partial charge in [0.25, 0.3) is 0 Å². The normalized spacial score (nSPS) is 14.0. The van der Waals surface area contributed by atoms with Gasteiger partial charge >= 0.3 is 0 Å². The van der Waals surface area contributed by atoms with Crippen molar-refractivity contribution in [3.8, 4) is 5.75 Å². The number of anilines is 1. The molecule has 1 aromatic carbocycles. The van der Waals surface area contributed by atoms with Crippen LogP contribution in [0.2, 0.25) is 5.02 Å². The van der Waals surface area contributed by atoms with Crippen molar-refractivity contribution in [3.63, 3.8) is 0 Å². The van der Waals surface area contributed by atoms with Crippen molar-refractivity contribution in [2.24, 2.45) is 4.99 Å². The fraction of sp³-hybridized carbons (Fsp3) is 0.364. The Morgan fingerprint density at radius 3 is 2.85 bits per heavy atom. The molecule has 20 heavy (non-hydrogen) atoms. The van der Waals surface area contributed by atoms with Gasteiger partial charge in [-0.05, 0) is 12.1 Å². The Kier molecular flexibility index (Phi) is 5.91. The highest BCUT2D eigenvalue weighted by atomic mass is 35.5. The van der Waals surface area contributed by atoms with E-state index in [-0.39, 0.29) is 12.4 Å². The van der Waals surface area contributed by atoms with Crippen molar-refractivity contribution < 1.29 is 13.2 Å². The molecule has 1 aliphatic heterocycles. The SMILES string of the molecule is CS(=O)(=O)Nc1cc(OCC2=NCCN2)ccc1Cl.Cl. The number of hydrogen-bond acceptors (Lipinski definition) is 5. The molecule has 0 saturated carbocycles. The van der Waals surface area contributed by atoms with Gasteiger partial charge in [0, 0.05) is 12.6 Å². The number of hydrogen-bond donors (Lipinski definition) is 2. The van der Waals surface area contributed by atoms with Crippen molar-refractivity contribution >= 4 is 45.6 Å². The number of sulfonamides is 1. The summed E-state index contributed by atoms with van der Waals surface area (Å²) in [5.41, 5.74) is 0.294. The zero-order valence-corrected chi connectivity index (χ0v) is 13.1. The zero-order valence-electron chi connectivity index (χ0n) is 10.7. The van der Waals surface area contributed by atoms with Crippen molar-refractivity contribution in [1.29, 1.82) is 0 Å². The first-order valence-corrected chi connectivity index (χ1v) is 7.88. The second-order valence-corrected chi connectivity index (χ2v) is 6.22. The summed E-state index contributed by atoms with van der Waals surface area (Å²) < 4.78 is 30.2. The van der Waals surface area contributed by atoms with Crippen LogP contribution < -0.4 is 14.8 Å². The van der Waals surface area contributed by atoms with Gasteiger partial charge in [0.05, 0.1) is 23.5 Å². The van der Waals surface area contributed by atoms with E-state index in [0.717, 1.165) is 25.2 Å². The smallest absolute Gasteiger partial charge is 0.229 e. The number of nitrogens with zero attached hydrogens (tertiary/aromatic N) is 1. The van der Waals surface area contributed by atoms with Gasteiger partial charge in [-0.25, -0.2) is 8.42 Å². The van der Waals surface area contributed by atoms with Crippen LogP contribution in [0.4, 0.5) is 5.69 Å². The largest absolute Gasteiger partial charge is 0.486 e. The highest BCUT2D eigenvalue weighted by Crippen LogP contribution is 2.27. The Bertz CT molecular complexity index is 605. The first kappa shape index (κ1) is 16.9. The summed E-state index contributed by atoms with van der Waals surface area (Å²) in [5.74, 6) is 1.31. The van der Waals surface area contributed by atoms with Crippen molar-refractivity contribution in [1.82, 2.24) is 5.32 Å². The van der Waals surface area contributed by atoms with E-state index in [1.165, 1.54) is 0 Å². The third kappa shape index (κ3) is 5.07. The van der Waals surface area contributed by atoms with E-state index in [1.807, 2.05) is 0 Å². The molecule has 0 spiro atoms. The van der Waals surface area contributed by atoms with Crippen molar-refractivity contribution in [2.75, 3.05) is 30.7 Å². The van der Waals surface area contributed by atoms with Gasteiger partial charge in [-0.2, -0.15) is 0 Å². The summed E-state index contributed by atoms with van der Waals surface area (Å²) in [4.78, 5) is 4.19. The van der Waals surface area contributed by atoms with Crippen LogP contribution in [0.3, 0.4) is 0 Å². The molecule has 6 nitrogen and oxygen atoms in total. The molecule has 0 radical (unpaired) electrons. The van der Waals surface area contributed by atoms with Crippen LogP contribution in [0.15, 0.2) is 23.2 Å². The lowest BCUT2D eigenvalue weighted by Gasteiger charge is -2.10. The highest BCUT2D eigenvalue weighted by molar-refractivity contribution is 7.92. The second-order valence-electron chi connectivity index (χ2n) is 4.06. The molecule has 1 heterocycles. The molecule has 0 bridgehead atoms. The molecule has 1 aromatic rings. The van der Waals surface area contributed by atoms with Gasteiger partial charge in [-0.15, -0.1) is 12.4 Å². The Balaban J connectivity index is 0.00000200. The molecule has 112 valence electrons. The third-order valence-electron chi connectivity index (χ3n) is 2.35. The van der Waals surface area contributed by atoms with Crippen LogP contribution in [0.25, 0.3) is 0 Å². The minimum atomic E-state index is -3.37.